The molecular weight excluding hydrogens is 345 g/mol. The highest BCUT2D eigenvalue weighted by molar-refractivity contribution is 5.91. The van der Waals surface area contributed by atoms with E-state index in [2.05, 4.69) is 0 Å². The number of hydrogen-bond acceptors (Lipinski definition) is 3. The fourth-order valence-corrected chi connectivity index (χ4v) is 2.59. The van der Waals surface area contributed by atoms with Crippen molar-refractivity contribution in [3.8, 4) is 11.5 Å². The maximum absolute atomic E-state index is 13.3. The van der Waals surface area contributed by atoms with Crippen molar-refractivity contribution in [3.63, 3.8) is 0 Å². The smallest absolute Gasteiger partial charge is 0.246 e. The number of rotatable bonds is 9. The van der Waals surface area contributed by atoms with E-state index in [9.17, 15) is 9.18 Å². The Morgan fingerprint density at radius 2 is 1.96 bits per heavy atom. The van der Waals surface area contributed by atoms with Crippen molar-refractivity contribution < 1.29 is 18.7 Å². The normalized spacial score (nSPS) is 10.8. The van der Waals surface area contributed by atoms with Gasteiger partial charge in [0.15, 0.2) is 11.5 Å². The number of methoxy groups -OCH3 is 1. The third-order valence-electron chi connectivity index (χ3n) is 4.02. The molecule has 1 amide bonds. The van der Waals surface area contributed by atoms with Crippen LogP contribution in [-0.2, 0) is 11.3 Å². The monoisotopic (exact) mass is 371 g/mol. The van der Waals surface area contributed by atoms with Crippen molar-refractivity contribution in [3.05, 3.63) is 65.5 Å². The van der Waals surface area contributed by atoms with Crippen LogP contribution in [0.25, 0.3) is 6.08 Å². The van der Waals surface area contributed by atoms with Crippen molar-refractivity contribution in [1.29, 1.82) is 0 Å². The van der Waals surface area contributed by atoms with Crippen molar-refractivity contribution in [1.82, 2.24) is 4.90 Å². The first-order valence-electron chi connectivity index (χ1n) is 9.09. The van der Waals surface area contributed by atoms with E-state index in [-0.39, 0.29) is 11.7 Å². The first kappa shape index (κ1) is 20.5. The minimum atomic E-state index is -0.302. The molecule has 0 radical (unpaired) electrons. The van der Waals surface area contributed by atoms with E-state index in [0.29, 0.717) is 31.2 Å². The van der Waals surface area contributed by atoms with Crippen molar-refractivity contribution >= 4 is 12.0 Å². The molecule has 0 aliphatic carbocycles. The number of ether oxygens (including phenoxy) is 2. The van der Waals surface area contributed by atoms with Crippen LogP contribution in [0.4, 0.5) is 4.39 Å². The number of hydrogen-bond donors (Lipinski definition) is 0. The molecule has 2 rings (SSSR count). The Labute approximate surface area is 160 Å². The zero-order valence-corrected chi connectivity index (χ0v) is 16.1. The number of likely N-dealkylation sites (N-methyl/N-ethyl adjacent to an activating group) is 1. The van der Waals surface area contributed by atoms with Crippen LogP contribution in [0.5, 0.6) is 11.5 Å². The van der Waals surface area contributed by atoms with E-state index in [4.69, 9.17) is 9.47 Å². The van der Waals surface area contributed by atoms with Gasteiger partial charge in [0.2, 0.25) is 5.91 Å². The average molecular weight is 371 g/mol. The van der Waals surface area contributed by atoms with Crippen LogP contribution in [0, 0.1) is 5.82 Å². The van der Waals surface area contributed by atoms with Crippen molar-refractivity contribution in [2.45, 2.75) is 26.8 Å². The lowest BCUT2D eigenvalue weighted by Gasteiger charge is -2.19. The van der Waals surface area contributed by atoms with Gasteiger partial charge in [0, 0.05) is 19.2 Å². The Hall–Kier alpha value is -2.82. The molecule has 0 saturated carbocycles. The number of nitrogens with zero attached hydrogens (tertiary/aromatic N) is 1. The molecule has 0 atom stereocenters. The van der Waals surface area contributed by atoms with E-state index in [0.717, 1.165) is 17.5 Å². The zero-order chi connectivity index (χ0) is 19.6. The van der Waals surface area contributed by atoms with Crippen LogP contribution in [0.15, 0.2) is 48.5 Å². The summed E-state index contributed by atoms with van der Waals surface area (Å²) < 4.78 is 24.3. The van der Waals surface area contributed by atoms with Gasteiger partial charge in [-0.15, -0.1) is 0 Å². The third kappa shape index (κ3) is 6.13. The molecule has 0 N–H and O–H groups in total. The molecule has 0 bridgehead atoms. The maximum Gasteiger partial charge on any atom is 0.246 e. The Kier molecular flexibility index (Phi) is 7.86. The number of carbonyl (C=O) groups excluding carboxylic acids is 1. The fraction of sp³-hybridized carbons (Fsp3) is 0.318. The summed E-state index contributed by atoms with van der Waals surface area (Å²) in [5.41, 5.74) is 1.60. The lowest BCUT2D eigenvalue weighted by molar-refractivity contribution is -0.126. The van der Waals surface area contributed by atoms with Crippen LogP contribution >= 0.6 is 0 Å². The number of amides is 1. The van der Waals surface area contributed by atoms with Gasteiger partial charge in [-0.3, -0.25) is 4.79 Å². The number of halogens is 1. The van der Waals surface area contributed by atoms with Gasteiger partial charge in [-0.05, 0) is 54.8 Å². The standard InChI is InChI=1S/C22H26FNO3/c1-4-13-27-20-11-9-17(15-21(20)26-3)10-12-22(25)24(5-2)16-18-7-6-8-19(23)14-18/h6-12,14-15H,4-5,13,16H2,1-3H3/b12-10+. The molecule has 0 fully saturated rings. The SMILES string of the molecule is CCCOc1ccc(/C=C/C(=O)N(CC)Cc2cccc(F)c2)cc1OC. The molecule has 4 nitrogen and oxygen atoms in total. The summed E-state index contributed by atoms with van der Waals surface area (Å²) in [5.74, 6) is 0.880. The molecule has 27 heavy (non-hydrogen) atoms. The maximum atomic E-state index is 13.3. The van der Waals surface area contributed by atoms with Crippen molar-refractivity contribution in [2.75, 3.05) is 20.3 Å². The lowest BCUT2D eigenvalue weighted by Crippen LogP contribution is -2.28. The van der Waals surface area contributed by atoms with Gasteiger partial charge in [-0.2, -0.15) is 0 Å². The molecule has 0 heterocycles. The molecule has 144 valence electrons. The van der Waals surface area contributed by atoms with Gasteiger partial charge >= 0.3 is 0 Å². The molecule has 0 saturated heterocycles. The molecule has 0 unspecified atom stereocenters. The molecule has 0 aliphatic heterocycles. The fourth-order valence-electron chi connectivity index (χ4n) is 2.59. The quantitative estimate of drug-likeness (QED) is 0.601. The average Bonchev–Trinajstić information content (AvgIpc) is 2.68. The molecule has 5 heteroatoms. The van der Waals surface area contributed by atoms with Crippen LogP contribution in [0.1, 0.15) is 31.4 Å². The van der Waals surface area contributed by atoms with Crippen molar-refractivity contribution in [2.24, 2.45) is 0 Å². The van der Waals surface area contributed by atoms with Crippen LogP contribution < -0.4 is 9.47 Å². The number of benzene rings is 2. The zero-order valence-electron chi connectivity index (χ0n) is 16.1. The predicted molar refractivity (Wildman–Crippen MR) is 105 cm³/mol. The highest BCUT2D eigenvalue weighted by atomic mass is 19.1. The topological polar surface area (TPSA) is 38.8 Å². The second kappa shape index (κ2) is 10.4. The molecule has 0 spiro atoms. The third-order valence-corrected chi connectivity index (χ3v) is 4.02. The minimum Gasteiger partial charge on any atom is -0.493 e. The summed E-state index contributed by atoms with van der Waals surface area (Å²) in [4.78, 5) is 14.1. The summed E-state index contributed by atoms with van der Waals surface area (Å²) >= 11 is 0. The summed E-state index contributed by atoms with van der Waals surface area (Å²) in [6, 6.07) is 11.8. The van der Waals surface area contributed by atoms with Crippen LogP contribution in [0.3, 0.4) is 0 Å². The Bertz CT molecular complexity index is 789. The van der Waals surface area contributed by atoms with Gasteiger partial charge in [0.25, 0.3) is 0 Å². The first-order chi connectivity index (χ1) is 13.1. The van der Waals surface area contributed by atoms with E-state index < -0.39 is 0 Å². The predicted octanol–water partition coefficient (Wildman–Crippen LogP) is 4.69. The van der Waals surface area contributed by atoms with Crippen LogP contribution in [-0.4, -0.2) is 31.1 Å². The first-order valence-corrected chi connectivity index (χ1v) is 9.09. The van der Waals surface area contributed by atoms with Gasteiger partial charge in [0.05, 0.1) is 13.7 Å². The molecule has 0 aromatic heterocycles. The Morgan fingerprint density at radius 1 is 1.15 bits per heavy atom. The molecular formula is C22H26FNO3. The Balaban J connectivity index is 2.07. The minimum absolute atomic E-state index is 0.132. The summed E-state index contributed by atoms with van der Waals surface area (Å²) in [7, 11) is 1.59. The molecule has 2 aromatic carbocycles. The highest BCUT2D eigenvalue weighted by Crippen LogP contribution is 2.28. The van der Waals surface area contributed by atoms with E-state index in [1.54, 1.807) is 24.2 Å². The van der Waals surface area contributed by atoms with Gasteiger partial charge < -0.3 is 14.4 Å². The van der Waals surface area contributed by atoms with E-state index >= 15 is 0 Å². The largest absolute Gasteiger partial charge is 0.493 e. The second-order valence-electron chi connectivity index (χ2n) is 6.07. The van der Waals surface area contributed by atoms with Crippen LogP contribution in [0.2, 0.25) is 0 Å². The lowest BCUT2D eigenvalue weighted by atomic mass is 10.1. The summed E-state index contributed by atoms with van der Waals surface area (Å²) in [5, 5.41) is 0. The van der Waals surface area contributed by atoms with Gasteiger partial charge in [-0.25, -0.2) is 4.39 Å². The molecule has 0 aliphatic rings. The Morgan fingerprint density at radius 3 is 2.63 bits per heavy atom. The van der Waals surface area contributed by atoms with Gasteiger partial charge in [-0.1, -0.05) is 25.1 Å². The van der Waals surface area contributed by atoms with E-state index in [1.165, 1.54) is 18.2 Å². The summed E-state index contributed by atoms with van der Waals surface area (Å²) in [6.07, 6.45) is 4.17. The summed E-state index contributed by atoms with van der Waals surface area (Å²) in [6.45, 7) is 5.46. The highest BCUT2D eigenvalue weighted by Gasteiger charge is 2.10. The molecule has 2 aromatic rings. The number of carbonyl (C=O) groups is 1. The van der Waals surface area contributed by atoms with E-state index in [1.807, 2.05) is 38.1 Å². The van der Waals surface area contributed by atoms with Gasteiger partial charge in [0.1, 0.15) is 5.82 Å². The second-order valence-corrected chi connectivity index (χ2v) is 6.07.